The van der Waals surface area contributed by atoms with Crippen LogP contribution in [0.5, 0.6) is 0 Å². The lowest BCUT2D eigenvalue weighted by Gasteiger charge is -2.23. The number of halogens is 2. The first-order valence-corrected chi connectivity index (χ1v) is 6.85. The summed E-state index contributed by atoms with van der Waals surface area (Å²) in [6, 6.07) is 8.91. The van der Waals surface area contributed by atoms with Crippen molar-refractivity contribution in [3.63, 3.8) is 0 Å². The summed E-state index contributed by atoms with van der Waals surface area (Å²) in [7, 11) is 0. The molecule has 0 aliphatic rings. The first-order chi connectivity index (χ1) is 10.6. The summed E-state index contributed by atoms with van der Waals surface area (Å²) in [5.74, 6) is -1.24. The van der Waals surface area contributed by atoms with Crippen LogP contribution in [-0.2, 0) is 6.54 Å². The van der Waals surface area contributed by atoms with E-state index in [1.54, 1.807) is 18.4 Å². The van der Waals surface area contributed by atoms with E-state index >= 15 is 0 Å². The predicted octanol–water partition coefficient (Wildman–Crippen LogP) is 3.01. The third-order valence-electron chi connectivity index (χ3n) is 3.26. The molecule has 0 saturated heterocycles. The van der Waals surface area contributed by atoms with Crippen LogP contribution in [0.15, 0.2) is 41.0 Å². The van der Waals surface area contributed by atoms with Gasteiger partial charge < -0.3 is 9.52 Å². The van der Waals surface area contributed by atoms with E-state index in [-0.39, 0.29) is 6.54 Å². The molecular formula is C16H16F2N2O2. The molecule has 0 fully saturated rings. The minimum atomic E-state index is -0.994. The fraction of sp³-hybridized carbons (Fsp3) is 0.312. The summed E-state index contributed by atoms with van der Waals surface area (Å²) in [6.45, 7) is 1.06. The van der Waals surface area contributed by atoms with Crippen molar-refractivity contribution in [3.05, 3.63) is 59.6 Å². The van der Waals surface area contributed by atoms with Gasteiger partial charge in [0.2, 0.25) is 0 Å². The van der Waals surface area contributed by atoms with Gasteiger partial charge in [0, 0.05) is 19.5 Å². The third kappa shape index (κ3) is 4.38. The molecule has 6 heteroatoms. The molecule has 0 bridgehead atoms. The van der Waals surface area contributed by atoms with E-state index in [4.69, 9.17) is 9.68 Å². The largest absolute Gasteiger partial charge is 0.468 e. The van der Waals surface area contributed by atoms with Crippen LogP contribution < -0.4 is 0 Å². The van der Waals surface area contributed by atoms with Crippen LogP contribution in [-0.4, -0.2) is 23.1 Å². The van der Waals surface area contributed by atoms with Crippen molar-refractivity contribution >= 4 is 0 Å². The topological polar surface area (TPSA) is 60.4 Å². The van der Waals surface area contributed by atoms with Crippen molar-refractivity contribution in [3.8, 4) is 6.07 Å². The first-order valence-electron chi connectivity index (χ1n) is 6.85. The van der Waals surface area contributed by atoms with Crippen LogP contribution in [0.4, 0.5) is 8.78 Å². The maximum Gasteiger partial charge on any atom is 0.159 e. The normalized spacial score (nSPS) is 12.3. The highest BCUT2D eigenvalue weighted by Gasteiger charge is 2.16. The van der Waals surface area contributed by atoms with E-state index in [9.17, 15) is 13.9 Å². The lowest BCUT2D eigenvalue weighted by Crippen LogP contribution is -2.29. The molecule has 1 atom stereocenters. The highest BCUT2D eigenvalue weighted by atomic mass is 19.2. The lowest BCUT2D eigenvalue weighted by atomic mass is 10.1. The summed E-state index contributed by atoms with van der Waals surface area (Å²) >= 11 is 0. The van der Waals surface area contributed by atoms with Gasteiger partial charge in [-0.25, -0.2) is 8.78 Å². The Labute approximate surface area is 127 Å². The molecule has 2 aromatic rings. The molecule has 0 amide bonds. The number of nitriles is 1. The fourth-order valence-corrected chi connectivity index (χ4v) is 2.14. The Morgan fingerprint density at radius 3 is 2.73 bits per heavy atom. The summed E-state index contributed by atoms with van der Waals surface area (Å²) in [5, 5.41) is 18.9. The minimum Gasteiger partial charge on any atom is -0.468 e. The standard InChI is InChI=1S/C16H16F2N2O2/c17-14-5-4-12(9-15(14)18)16(21)11-20(7-2-6-19)10-13-3-1-8-22-13/h1,3-5,8-9,16,21H,2,7,10-11H2. The maximum absolute atomic E-state index is 13.2. The Morgan fingerprint density at radius 2 is 2.09 bits per heavy atom. The molecular weight excluding hydrogens is 290 g/mol. The van der Waals surface area contributed by atoms with E-state index in [2.05, 4.69) is 0 Å². The number of hydrogen-bond donors (Lipinski definition) is 1. The molecule has 1 heterocycles. The van der Waals surface area contributed by atoms with Gasteiger partial charge in [0.1, 0.15) is 5.76 Å². The van der Waals surface area contributed by atoms with Crippen LogP contribution in [0.2, 0.25) is 0 Å². The Bertz CT molecular complexity index is 638. The molecule has 0 saturated carbocycles. The maximum atomic E-state index is 13.2. The second kappa shape index (κ2) is 7.69. The van der Waals surface area contributed by atoms with E-state index in [0.717, 1.165) is 12.1 Å². The molecule has 2 rings (SSSR count). The summed E-state index contributed by atoms with van der Waals surface area (Å²) in [4.78, 5) is 1.83. The van der Waals surface area contributed by atoms with Gasteiger partial charge in [-0.3, -0.25) is 4.90 Å². The third-order valence-corrected chi connectivity index (χ3v) is 3.26. The molecule has 116 valence electrons. The summed E-state index contributed by atoms with van der Waals surface area (Å²) in [6.07, 6.45) is 0.859. The van der Waals surface area contributed by atoms with E-state index in [1.807, 2.05) is 11.0 Å². The lowest BCUT2D eigenvalue weighted by molar-refractivity contribution is 0.106. The zero-order valence-corrected chi connectivity index (χ0v) is 11.9. The summed E-state index contributed by atoms with van der Waals surface area (Å²) in [5.41, 5.74) is 0.292. The Hall–Kier alpha value is -2.23. The van der Waals surface area contributed by atoms with E-state index in [0.29, 0.717) is 30.8 Å². The predicted molar refractivity (Wildman–Crippen MR) is 75.5 cm³/mol. The number of nitrogens with zero attached hydrogens (tertiary/aromatic N) is 2. The zero-order valence-electron chi connectivity index (χ0n) is 11.9. The van der Waals surface area contributed by atoms with Gasteiger partial charge in [0.15, 0.2) is 11.6 Å². The van der Waals surface area contributed by atoms with Crippen LogP contribution in [0, 0.1) is 23.0 Å². The minimum absolute atomic E-state index is 0.188. The second-order valence-electron chi connectivity index (χ2n) is 4.91. The first kappa shape index (κ1) is 16.1. The van der Waals surface area contributed by atoms with Crippen molar-refractivity contribution in [2.45, 2.75) is 19.1 Å². The van der Waals surface area contributed by atoms with Crippen LogP contribution in [0.25, 0.3) is 0 Å². The number of aliphatic hydroxyl groups excluding tert-OH is 1. The molecule has 22 heavy (non-hydrogen) atoms. The molecule has 1 N–H and O–H groups in total. The molecule has 1 aromatic carbocycles. The fourth-order valence-electron chi connectivity index (χ4n) is 2.14. The molecule has 1 aromatic heterocycles. The highest BCUT2D eigenvalue weighted by molar-refractivity contribution is 5.20. The molecule has 0 aliphatic heterocycles. The SMILES string of the molecule is N#CCCN(Cc1ccco1)CC(O)c1ccc(F)c(F)c1. The Morgan fingerprint density at radius 1 is 1.27 bits per heavy atom. The molecule has 1 unspecified atom stereocenters. The second-order valence-corrected chi connectivity index (χ2v) is 4.91. The van der Waals surface area contributed by atoms with Gasteiger partial charge in [0.05, 0.1) is 25.0 Å². The average molecular weight is 306 g/mol. The molecule has 0 aliphatic carbocycles. The zero-order chi connectivity index (χ0) is 15.9. The number of rotatable bonds is 7. The average Bonchev–Trinajstić information content (AvgIpc) is 3.00. The molecule has 4 nitrogen and oxygen atoms in total. The van der Waals surface area contributed by atoms with Crippen LogP contribution in [0.3, 0.4) is 0 Å². The van der Waals surface area contributed by atoms with Crippen molar-refractivity contribution in [1.29, 1.82) is 5.26 Å². The number of benzene rings is 1. The van der Waals surface area contributed by atoms with Crippen molar-refractivity contribution in [1.82, 2.24) is 4.90 Å². The number of hydrogen-bond acceptors (Lipinski definition) is 4. The quantitative estimate of drug-likeness (QED) is 0.854. The van der Waals surface area contributed by atoms with Gasteiger partial charge in [-0.2, -0.15) is 5.26 Å². The van der Waals surface area contributed by atoms with Gasteiger partial charge >= 0.3 is 0 Å². The molecule has 0 radical (unpaired) electrons. The van der Waals surface area contributed by atoms with Crippen LogP contribution in [0.1, 0.15) is 23.8 Å². The highest BCUT2D eigenvalue weighted by Crippen LogP contribution is 2.18. The molecule has 0 spiro atoms. The Balaban J connectivity index is 2.04. The summed E-state index contributed by atoms with van der Waals surface area (Å²) < 4.78 is 31.4. The van der Waals surface area contributed by atoms with E-state index in [1.165, 1.54) is 6.07 Å². The van der Waals surface area contributed by atoms with Crippen molar-refractivity contribution < 1.29 is 18.3 Å². The number of aliphatic hydroxyl groups is 1. The van der Waals surface area contributed by atoms with Crippen molar-refractivity contribution in [2.24, 2.45) is 0 Å². The Kier molecular flexibility index (Phi) is 5.64. The smallest absolute Gasteiger partial charge is 0.159 e. The van der Waals surface area contributed by atoms with Gasteiger partial charge in [0.25, 0.3) is 0 Å². The van der Waals surface area contributed by atoms with Crippen LogP contribution >= 0.6 is 0 Å². The monoisotopic (exact) mass is 306 g/mol. The number of furan rings is 1. The van der Waals surface area contributed by atoms with Gasteiger partial charge in [-0.15, -0.1) is 0 Å². The van der Waals surface area contributed by atoms with Gasteiger partial charge in [-0.05, 0) is 29.8 Å². The van der Waals surface area contributed by atoms with E-state index < -0.39 is 17.7 Å². The van der Waals surface area contributed by atoms with Gasteiger partial charge in [-0.1, -0.05) is 6.07 Å². The van der Waals surface area contributed by atoms with Crippen molar-refractivity contribution in [2.75, 3.05) is 13.1 Å².